The van der Waals surface area contributed by atoms with Crippen LogP contribution in [0.2, 0.25) is 0 Å². The molecule has 2 N–H and O–H groups in total. The maximum atomic E-state index is 12.3. The molecule has 1 aromatic rings. The van der Waals surface area contributed by atoms with E-state index in [-0.39, 0.29) is 29.9 Å². The zero-order valence-corrected chi connectivity index (χ0v) is 12.2. The van der Waals surface area contributed by atoms with E-state index in [1.165, 1.54) is 18.2 Å². The number of halogens is 4. The van der Waals surface area contributed by atoms with Crippen LogP contribution >= 0.6 is 12.4 Å². The second-order valence-corrected chi connectivity index (χ2v) is 4.98. The van der Waals surface area contributed by atoms with E-state index in [1.54, 1.807) is 6.07 Å². The average Bonchev–Trinajstić information content (AvgIpc) is 2.38. The number of alkyl halides is 3. The molecule has 1 atom stereocenters. The Balaban J connectivity index is 0.00000220. The van der Waals surface area contributed by atoms with Crippen molar-refractivity contribution in [3.63, 3.8) is 0 Å². The number of rotatable bonds is 3. The van der Waals surface area contributed by atoms with Crippen molar-refractivity contribution in [1.82, 2.24) is 5.32 Å². The fourth-order valence-corrected chi connectivity index (χ4v) is 2.30. The lowest BCUT2D eigenvalue weighted by atomic mass is 10.0. The standard InChI is InChI=1S/C14H17F3N2O.ClH/c15-14(16,17)9-10-4-3-5-11(8-10)19-13(20)12-6-1-2-7-18-12;/h3-5,8,12,18H,1-2,6-7,9H2,(H,19,20);1H/t12-;/m0./s1. The van der Waals surface area contributed by atoms with Crippen molar-refractivity contribution in [3.05, 3.63) is 29.8 Å². The zero-order valence-electron chi connectivity index (χ0n) is 11.4. The molecular formula is C14H18ClF3N2O. The highest BCUT2D eigenvalue weighted by atomic mass is 35.5. The number of nitrogens with one attached hydrogen (secondary N) is 2. The van der Waals surface area contributed by atoms with E-state index in [0.29, 0.717) is 5.69 Å². The average molecular weight is 323 g/mol. The van der Waals surface area contributed by atoms with Gasteiger partial charge in [0.05, 0.1) is 12.5 Å². The van der Waals surface area contributed by atoms with Crippen LogP contribution in [0.5, 0.6) is 0 Å². The Labute approximate surface area is 127 Å². The molecule has 0 aromatic heterocycles. The number of amides is 1. The Morgan fingerprint density at radius 3 is 2.71 bits per heavy atom. The first-order chi connectivity index (χ1) is 9.44. The third-order valence-electron chi connectivity index (χ3n) is 3.23. The topological polar surface area (TPSA) is 41.1 Å². The highest BCUT2D eigenvalue weighted by molar-refractivity contribution is 5.94. The summed E-state index contributed by atoms with van der Waals surface area (Å²) in [6.45, 7) is 0.798. The number of benzene rings is 1. The quantitative estimate of drug-likeness (QED) is 0.896. The molecule has 1 saturated heterocycles. The van der Waals surface area contributed by atoms with E-state index in [0.717, 1.165) is 25.8 Å². The van der Waals surface area contributed by atoms with Crippen molar-refractivity contribution in [2.45, 2.75) is 37.9 Å². The predicted octanol–water partition coefficient (Wildman–Crippen LogP) is 3.29. The molecule has 1 fully saturated rings. The van der Waals surface area contributed by atoms with Crippen molar-refractivity contribution in [2.24, 2.45) is 0 Å². The molecule has 2 rings (SSSR count). The lowest BCUT2D eigenvalue weighted by Crippen LogP contribution is -2.43. The number of carbonyl (C=O) groups excluding carboxylic acids is 1. The van der Waals surface area contributed by atoms with E-state index in [1.807, 2.05) is 0 Å². The van der Waals surface area contributed by atoms with E-state index < -0.39 is 12.6 Å². The molecule has 3 nitrogen and oxygen atoms in total. The van der Waals surface area contributed by atoms with Crippen LogP contribution < -0.4 is 10.6 Å². The van der Waals surface area contributed by atoms with Gasteiger partial charge in [-0.05, 0) is 37.1 Å². The molecule has 0 radical (unpaired) electrons. The van der Waals surface area contributed by atoms with Gasteiger partial charge in [0.2, 0.25) is 5.91 Å². The van der Waals surface area contributed by atoms with Crippen LogP contribution in [0, 0.1) is 0 Å². The largest absolute Gasteiger partial charge is 0.393 e. The van der Waals surface area contributed by atoms with Gasteiger partial charge in [0.1, 0.15) is 0 Å². The lowest BCUT2D eigenvalue weighted by Gasteiger charge is -2.22. The van der Waals surface area contributed by atoms with Crippen LogP contribution in [0.1, 0.15) is 24.8 Å². The summed E-state index contributed by atoms with van der Waals surface area (Å²) >= 11 is 0. The number of carbonyl (C=O) groups is 1. The fraction of sp³-hybridized carbons (Fsp3) is 0.500. The van der Waals surface area contributed by atoms with E-state index in [2.05, 4.69) is 10.6 Å². The molecule has 1 heterocycles. The van der Waals surface area contributed by atoms with Gasteiger partial charge in [-0.3, -0.25) is 4.79 Å². The molecule has 0 saturated carbocycles. The smallest absolute Gasteiger partial charge is 0.325 e. The van der Waals surface area contributed by atoms with Gasteiger partial charge in [0.15, 0.2) is 0 Å². The minimum absolute atomic E-state index is 0. The Morgan fingerprint density at radius 1 is 1.33 bits per heavy atom. The summed E-state index contributed by atoms with van der Waals surface area (Å²) in [5.41, 5.74) is 0.552. The van der Waals surface area contributed by atoms with Crippen molar-refractivity contribution >= 4 is 24.0 Å². The Bertz CT molecular complexity index is 474. The molecule has 21 heavy (non-hydrogen) atoms. The van der Waals surface area contributed by atoms with E-state index >= 15 is 0 Å². The molecular weight excluding hydrogens is 305 g/mol. The molecule has 7 heteroatoms. The van der Waals surface area contributed by atoms with Gasteiger partial charge < -0.3 is 10.6 Å². The molecule has 0 spiro atoms. The van der Waals surface area contributed by atoms with Crippen LogP contribution in [0.4, 0.5) is 18.9 Å². The summed E-state index contributed by atoms with van der Waals surface area (Å²) < 4.78 is 37.0. The minimum Gasteiger partial charge on any atom is -0.325 e. The Morgan fingerprint density at radius 2 is 2.10 bits per heavy atom. The van der Waals surface area contributed by atoms with Crippen LogP contribution in [0.3, 0.4) is 0 Å². The van der Waals surface area contributed by atoms with E-state index in [4.69, 9.17) is 0 Å². The molecule has 1 amide bonds. The molecule has 118 valence electrons. The van der Waals surface area contributed by atoms with Gasteiger partial charge in [-0.2, -0.15) is 13.2 Å². The molecule has 0 unspecified atom stereocenters. The highest BCUT2D eigenvalue weighted by Crippen LogP contribution is 2.23. The maximum absolute atomic E-state index is 12.3. The monoisotopic (exact) mass is 322 g/mol. The summed E-state index contributed by atoms with van der Waals surface area (Å²) in [4.78, 5) is 12.0. The maximum Gasteiger partial charge on any atom is 0.393 e. The van der Waals surface area contributed by atoms with Crippen LogP contribution in [0.25, 0.3) is 0 Å². The summed E-state index contributed by atoms with van der Waals surface area (Å²) in [6.07, 6.45) is -2.44. The van der Waals surface area contributed by atoms with Gasteiger partial charge >= 0.3 is 6.18 Å². The molecule has 0 bridgehead atoms. The lowest BCUT2D eigenvalue weighted by molar-refractivity contribution is -0.127. The molecule has 0 aliphatic carbocycles. The normalized spacial score (nSPS) is 18.7. The summed E-state index contributed by atoms with van der Waals surface area (Å²) in [5, 5.41) is 5.77. The van der Waals surface area contributed by atoms with Crippen LogP contribution in [-0.2, 0) is 11.2 Å². The highest BCUT2D eigenvalue weighted by Gasteiger charge is 2.27. The van der Waals surface area contributed by atoms with Gasteiger partial charge in [0.25, 0.3) is 0 Å². The molecule has 1 aromatic carbocycles. The van der Waals surface area contributed by atoms with Crippen molar-refractivity contribution < 1.29 is 18.0 Å². The first kappa shape index (κ1) is 17.8. The molecule has 1 aliphatic heterocycles. The van der Waals surface area contributed by atoms with Crippen LogP contribution in [0.15, 0.2) is 24.3 Å². The fourth-order valence-electron chi connectivity index (χ4n) is 2.30. The SMILES string of the molecule is Cl.O=C(Nc1cccc(CC(F)(F)F)c1)[C@@H]1CCCCN1. The second-order valence-electron chi connectivity index (χ2n) is 4.98. The summed E-state index contributed by atoms with van der Waals surface area (Å²) in [6, 6.07) is 5.64. The Kier molecular flexibility index (Phi) is 6.48. The summed E-state index contributed by atoms with van der Waals surface area (Å²) in [5.74, 6) is -0.186. The first-order valence-corrected chi connectivity index (χ1v) is 6.64. The summed E-state index contributed by atoms with van der Waals surface area (Å²) in [7, 11) is 0. The van der Waals surface area contributed by atoms with E-state index in [9.17, 15) is 18.0 Å². The number of hydrogen-bond donors (Lipinski definition) is 2. The third-order valence-corrected chi connectivity index (χ3v) is 3.23. The second kappa shape index (κ2) is 7.66. The van der Waals surface area contributed by atoms with Crippen molar-refractivity contribution in [1.29, 1.82) is 0 Å². The van der Waals surface area contributed by atoms with Gasteiger partial charge in [-0.1, -0.05) is 18.6 Å². The third kappa shape index (κ3) is 5.93. The van der Waals surface area contributed by atoms with Crippen molar-refractivity contribution in [2.75, 3.05) is 11.9 Å². The zero-order chi connectivity index (χ0) is 14.6. The predicted molar refractivity (Wildman–Crippen MR) is 77.7 cm³/mol. The first-order valence-electron chi connectivity index (χ1n) is 6.64. The van der Waals surface area contributed by atoms with Gasteiger partial charge in [0, 0.05) is 5.69 Å². The minimum atomic E-state index is -4.24. The molecule has 1 aliphatic rings. The number of anilines is 1. The Hall–Kier alpha value is -1.27. The van der Waals surface area contributed by atoms with Gasteiger partial charge in [-0.25, -0.2) is 0 Å². The van der Waals surface area contributed by atoms with Crippen LogP contribution in [-0.4, -0.2) is 24.7 Å². The number of hydrogen-bond acceptors (Lipinski definition) is 2. The number of piperidine rings is 1. The van der Waals surface area contributed by atoms with Gasteiger partial charge in [-0.15, -0.1) is 12.4 Å². The van der Waals surface area contributed by atoms with Crippen molar-refractivity contribution in [3.8, 4) is 0 Å².